The van der Waals surface area contributed by atoms with Crippen LogP contribution in [0.15, 0.2) is 17.5 Å². The van der Waals surface area contributed by atoms with E-state index in [-0.39, 0.29) is 0 Å². The highest BCUT2D eigenvalue weighted by molar-refractivity contribution is 7.98. The van der Waals surface area contributed by atoms with Crippen LogP contribution < -0.4 is 11.3 Å². The maximum absolute atomic E-state index is 5.52. The summed E-state index contributed by atoms with van der Waals surface area (Å²) in [5.41, 5.74) is 4.98. The van der Waals surface area contributed by atoms with Crippen LogP contribution in [0.3, 0.4) is 0 Å². The molecule has 88 valence electrons. The first kappa shape index (κ1) is 11.0. The first-order valence-corrected chi connectivity index (χ1v) is 7.35. The van der Waals surface area contributed by atoms with Gasteiger partial charge >= 0.3 is 0 Å². The molecule has 0 spiro atoms. The van der Waals surface area contributed by atoms with Crippen LogP contribution in [0.2, 0.25) is 0 Å². The molecule has 0 fully saturated rings. The van der Waals surface area contributed by atoms with Crippen molar-refractivity contribution in [1.29, 1.82) is 0 Å². The summed E-state index contributed by atoms with van der Waals surface area (Å²) < 4.78 is 0. The third-order valence-corrected chi connectivity index (χ3v) is 4.52. The monoisotopic (exact) mass is 264 g/mol. The molecule has 0 saturated carbocycles. The second kappa shape index (κ2) is 4.64. The van der Waals surface area contributed by atoms with Crippen LogP contribution in [-0.4, -0.2) is 9.97 Å². The van der Waals surface area contributed by atoms with Crippen molar-refractivity contribution < 1.29 is 0 Å². The van der Waals surface area contributed by atoms with E-state index in [0.717, 1.165) is 40.8 Å². The zero-order chi connectivity index (χ0) is 11.7. The Hall–Kier alpha value is -1.11. The molecule has 0 bridgehead atoms. The molecule has 0 saturated heterocycles. The molecule has 3 rings (SSSR count). The molecule has 0 unspecified atom stereocenters. The van der Waals surface area contributed by atoms with Gasteiger partial charge in [0.2, 0.25) is 0 Å². The number of nitrogen functional groups attached to an aromatic ring is 1. The molecule has 0 atom stereocenters. The van der Waals surface area contributed by atoms with Gasteiger partial charge in [0.1, 0.15) is 11.6 Å². The summed E-state index contributed by atoms with van der Waals surface area (Å²) >= 11 is 3.58. The second-order valence-corrected chi connectivity index (χ2v) is 5.82. The molecule has 3 heterocycles. The summed E-state index contributed by atoms with van der Waals surface area (Å²) in [6.45, 7) is 0. The van der Waals surface area contributed by atoms with E-state index in [1.807, 2.05) is 17.8 Å². The summed E-state index contributed by atoms with van der Waals surface area (Å²) in [4.78, 5) is 10.4. The molecule has 0 amide bonds. The van der Waals surface area contributed by atoms with Gasteiger partial charge in [-0.05, 0) is 11.4 Å². The van der Waals surface area contributed by atoms with Gasteiger partial charge in [-0.3, -0.25) is 0 Å². The average Bonchev–Trinajstić information content (AvgIpc) is 2.98. The lowest BCUT2D eigenvalue weighted by Gasteiger charge is -2.08. The molecular formula is C11H12N4S2. The Labute approximate surface area is 108 Å². The van der Waals surface area contributed by atoms with Crippen molar-refractivity contribution in [2.75, 3.05) is 5.43 Å². The Morgan fingerprint density at radius 2 is 2.29 bits per heavy atom. The first-order valence-electron chi connectivity index (χ1n) is 5.32. The van der Waals surface area contributed by atoms with Crippen LogP contribution in [0.4, 0.5) is 5.82 Å². The van der Waals surface area contributed by atoms with Gasteiger partial charge in [0.25, 0.3) is 0 Å². The molecule has 3 N–H and O–H groups in total. The van der Waals surface area contributed by atoms with Gasteiger partial charge in [-0.2, -0.15) is 11.8 Å². The van der Waals surface area contributed by atoms with Crippen LogP contribution >= 0.6 is 23.1 Å². The van der Waals surface area contributed by atoms with Crippen molar-refractivity contribution in [3.8, 4) is 0 Å². The summed E-state index contributed by atoms with van der Waals surface area (Å²) in [5, 5.41) is 2.07. The Morgan fingerprint density at radius 1 is 1.35 bits per heavy atom. The standard InChI is InChI=1S/C11H12N4S2/c12-15-11-8-5-16-6-9(8)13-10(14-11)4-7-2-1-3-17-7/h1-3H,4-6,12H2,(H,13,14,15). The number of fused-ring (bicyclic) bond motifs is 1. The van der Waals surface area contributed by atoms with Crippen molar-refractivity contribution in [2.45, 2.75) is 17.9 Å². The van der Waals surface area contributed by atoms with Crippen molar-refractivity contribution in [2.24, 2.45) is 5.84 Å². The summed E-state index contributed by atoms with van der Waals surface area (Å²) in [6, 6.07) is 4.15. The zero-order valence-electron chi connectivity index (χ0n) is 9.14. The number of nitrogens with two attached hydrogens (primary N) is 1. The Morgan fingerprint density at radius 3 is 3.06 bits per heavy atom. The third-order valence-electron chi connectivity index (χ3n) is 2.67. The minimum Gasteiger partial charge on any atom is -0.308 e. The number of hydrazine groups is 1. The number of nitrogens with zero attached hydrogens (tertiary/aromatic N) is 2. The Kier molecular flexibility index (Phi) is 3.00. The predicted molar refractivity (Wildman–Crippen MR) is 72.0 cm³/mol. The highest BCUT2D eigenvalue weighted by Gasteiger charge is 2.19. The van der Waals surface area contributed by atoms with E-state index in [2.05, 4.69) is 26.8 Å². The maximum Gasteiger partial charge on any atom is 0.148 e. The molecule has 6 heteroatoms. The molecule has 0 radical (unpaired) electrons. The number of hydrogen-bond donors (Lipinski definition) is 2. The molecular weight excluding hydrogens is 252 g/mol. The van der Waals surface area contributed by atoms with Crippen LogP contribution in [0, 0.1) is 0 Å². The molecule has 1 aliphatic rings. The van der Waals surface area contributed by atoms with Crippen molar-refractivity contribution in [3.63, 3.8) is 0 Å². The van der Waals surface area contributed by atoms with E-state index in [1.165, 1.54) is 4.88 Å². The van der Waals surface area contributed by atoms with E-state index in [0.29, 0.717) is 0 Å². The van der Waals surface area contributed by atoms with Gasteiger partial charge in [-0.15, -0.1) is 11.3 Å². The number of hydrogen-bond acceptors (Lipinski definition) is 6. The normalized spacial score (nSPS) is 13.7. The number of thioether (sulfide) groups is 1. The number of anilines is 1. The smallest absolute Gasteiger partial charge is 0.148 e. The van der Waals surface area contributed by atoms with Gasteiger partial charge < -0.3 is 5.43 Å². The van der Waals surface area contributed by atoms with Crippen LogP contribution in [0.1, 0.15) is 22.0 Å². The Bertz CT molecular complexity index is 525. The largest absolute Gasteiger partial charge is 0.308 e. The molecule has 4 nitrogen and oxygen atoms in total. The zero-order valence-corrected chi connectivity index (χ0v) is 10.8. The van der Waals surface area contributed by atoms with E-state index < -0.39 is 0 Å². The van der Waals surface area contributed by atoms with Gasteiger partial charge in [0.15, 0.2) is 0 Å². The average molecular weight is 264 g/mol. The number of aromatic nitrogens is 2. The summed E-state index contributed by atoms with van der Waals surface area (Å²) in [7, 11) is 0. The topological polar surface area (TPSA) is 63.8 Å². The van der Waals surface area contributed by atoms with Crippen LogP contribution in [0.5, 0.6) is 0 Å². The number of rotatable bonds is 3. The fourth-order valence-electron chi connectivity index (χ4n) is 1.87. The Balaban J connectivity index is 1.95. The van der Waals surface area contributed by atoms with Crippen LogP contribution in [-0.2, 0) is 17.9 Å². The van der Waals surface area contributed by atoms with Gasteiger partial charge in [0.05, 0.1) is 5.69 Å². The van der Waals surface area contributed by atoms with Crippen molar-refractivity contribution >= 4 is 28.9 Å². The lowest BCUT2D eigenvalue weighted by Crippen LogP contribution is -2.13. The summed E-state index contributed by atoms with van der Waals surface area (Å²) in [5.74, 6) is 9.07. The number of nitrogens with one attached hydrogen (secondary N) is 1. The van der Waals surface area contributed by atoms with E-state index in [4.69, 9.17) is 5.84 Å². The highest BCUT2D eigenvalue weighted by Crippen LogP contribution is 2.32. The van der Waals surface area contributed by atoms with Gasteiger partial charge in [-0.25, -0.2) is 15.8 Å². The fourth-order valence-corrected chi connectivity index (χ4v) is 3.61. The molecule has 0 aromatic carbocycles. The number of thiophene rings is 1. The molecule has 2 aromatic rings. The summed E-state index contributed by atoms with van der Waals surface area (Å²) in [6.07, 6.45) is 0.782. The first-order chi connectivity index (χ1) is 8.36. The minimum absolute atomic E-state index is 0.782. The highest BCUT2D eigenvalue weighted by atomic mass is 32.2. The quantitative estimate of drug-likeness (QED) is 0.657. The molecule has 0 aliphatic carbocycles. The van der Waals surface area contributed by atoms with E-state index in [1.54, 1.807) is 11.3 Å². The van der Waals surface area contributed by atoms with Gasteiger partial charge in [-0.1, -0.05) is 6.07 Å². The SMILES string of the molecule is NNc1nc(Cc2cccs2)nc2c1CSC2. The van der Waals surface area contributed by atoms with E-state index in [9.17, 15) is 0 Å². The second-order valence-electron chi connectivity index (χ2n) is 3.81. The minimum atomic E-state index is 0.782. The molecule has 17 heavy (non-hydrogen) atoms. The molecule has 1 aliphatic heterocycles. The van der Waals surface area contributed by atoms with Crippen molar-refractivity contribution in [3.05, 3.63) is 39.5 Å². The van der Waals surface area contributed by atoms with Gasteiger partial charge in [0, 0.05) is 28.4 Å². The lowest BCUT2D eigenvalue weighted by molar-refractivity contribution is 0.934. The van der Waals surface area contributed by atoms with E-state index >= 15 is 0 Å². The van der Waals surface area contributed by atoms with Crippen molar-refractivity contribution in [1.82, 2.24) is 9.97 Å². The molecule has 2 aromatic heterocycles. The third kappa shape index (κ3) is 2.15. The fraction of sp³-hybridized carbons (Fsp3) is 0.273. The van der Waals surface area contributed by atoms with Crippen LogP contribution in [0.25, 0.3) is 0 Å². The maximum atomic E-state index is 5.52. The lowest BCUT2D eigenvalue weighted by atomic mass is 10.2. The predicted octanol–water partition coefficient (Wildman–Crippen LogP) is 2.16.